The Labute approximate surface area is 120 Å². The number of rotatable bonds is 1. The molecule has 1 heterocycles. The van der Waals surface area contributed by atoms with Gasteiger partial charge in [-0.3, -0.25) is 0 Å². The van der Waals surface area contributed by atoms with Gasteiger partial charge in [0.25, 0.3) is 0 Å². The number of thiazole rings is 1. The molecule has 3 aromatic carbocycles. The quantitative estimate of drug-likeness (QED) is 0.541. The molecule has 0 unspecified atom stereocenters. The third kappa shape index (κ3) is 1.75. The first-order chi connectivity index (χ1) is 9.81. The zero-order valence-corrected chi connectivity index (χ0v) is 11.4. The lowest BCUT2D eigenvalue weighted by molar-refractivity contribution is 0.477. The molecule has 96 valence electrons. The first kappa shape index (κ1) is 11.4. The van der Waals surface area contributed by atoms with Gasteiger partial charge in [-0.05, 0) is 35.0 Å². The predicted molar refractivity (Wildman–Crippen MR) is 84.2 cm³/mol. The largest absolute Gasteiger partial charge is 0.507 e. The Morgan fingerprint density at radius 2 is 1.55 bits per heavy atom. The van der Waals surface area contributed by atoms with E-state index in [-0.39, 0.29) is 5.75 Å². The molecule has 3 heteroatoms. The van der Waals surface area contributed by atoms with Crippen LogP contribution in [0.25, 0.3) is 31.6 Å². The van der Waals surface area contributed by atoms with Gasteiger partial charge in [0, 0.05) is 0 Å². The molecule has 0 fully saturated rings. The van der Waals surface area contributed by atoms with Gasteiger partial charge < -0.3 is 5.11 Å². The van der Waals surface area contributed by atoms with E-state index in [1.54, 1.807) is 17.4 Å². The second-order valence-electron chi connectivity index (χ2n) is 4.70. The summed E-state index contributed by atoms with van der Waals surface area (Å²) in [7, 11) is 0. The summed E-state index contributed by atoms with van der Waals surface area (Å²) in [6.07, 6.45) is 0. The maximum atomic E-state index is 9.94. The summed E-state index contributed by atoms with van der Waals surface area (Å²) in [6.45, 7) is 0. The molecule has 4 rings (SSSR count). The zero-order valence-electron chi connectivity index (χ0n) is 10.6. The Hall–Kier alpha value is -2.39. The van der Waals surface area contributed by atoms with Crippen molar-refractivity contribution in [2.24, 2.45) is 0 Å². The number of nitrogens with zero attached hydrogens (tertiary/aromatic N) is 1. The van der Waals surface area contributed by atoms with Crippen molar-refractivity contribution in [1.29, 1.82) is 0 Å². The first-order valence-corrected chi connectivity index (χ1v) is 7.20. The lowest BCUT2D eigenvalue weighted by Crippen LogP contribution is -1.76. The van der Waals surface area contributed by atoms with Gasteiger partial charge in [0.1, 0.15) is 10.8 Å². The fourth-order valence-corrected chi connectivity index (χ4v) is 3.41. The molecule has 0 aliphatic carbocycles. The highest BCUT2D eigenvalue weighted by molar-refractivity contribution is 7.21. The van der Waals surface area contributed by atoms with E-state index < -0.39 is 0 Å². The number of para-hydroxylation sites is 1. The van der Waals surface area contributed by atoms with Crippen LogP contribution < -0.4 is 0 Å². The van der Waals surface area contributed by atoms with Crippen LogP contribution in [0.3, 0.4) is 0 Å². The summed E-state index contributed by atoms with van der Waals surface area (Å²) < 4.78 is 1.14. The highest BCUT2D eigenvalue weighted by Crippen LogP contribution is 2.36. The van der Waals surface area contributed by atoms with Gasteiger partial charge >= 0.3 is 0 Å². The van der Waals surface area contributed by atoms with Crippen LogP contribution in [-0.4, -0.2) is 10.1 Å². The number of hydrogen-bond donors (Lipinski definition) is 1. The monoisotopic (exact) mass is 277 g/mol. The van der Waals surface area contributed by atoms with Crippen molar-refractivity contribution in [2.75, 3.05) is 0 Å². The molecule has 0 radical (unpaired) electrons. The molecule has 1 aromatic heterocycles. The van der Waals surface area contributed by atoms with Crippen molar-refractivity contribution in [2.45, 2.75) is 0 Å². The van der Waals surface area contributed by atoms with E-state index in [4.69, 9.17) is 0 Å². The first-order valence-electron chi connectivity index (χ1n) is 6.39. The molecule has 0 atom stereocenters. The number of aromatic nitrogens is 1. The van der Waals surface area contributed by atoms with Crippen molar-refractivity contribution < 1.29 is 5.11 Å². The summed E-state index contributed by atoms with van der Waals surface area (Å²) in [5.41, 5.74) is 1.77. The van der Waals surface area contributed by atoms with Crippen LogP contribution in [-0.2, 0) is 0 Å². The Morgan fingerprint density at radius 3 is 2.35 bits per heavy atom. The Kier molecular flexibility index (Phi) is 2.47. The topological polar surface area (TPSA) is 33.1 Å². The number of fused-ring (bicyclic) bond motifs is 2. The molecule has 2 nitrogen and oxygen atoms in total. The third-order valence-electron chi connectivity index (χ3n) is 3.39. The average Bonchev–Trinajstić information content (AvgIpc) is 2.87. The molecule has 0 amide bonds. The van der Waals surface area contributed by atoms with E-state index >= 15 is 0 Å². The Morgan fingerprint density at radius 1 is 0.850 bits per heavy atom. The van der Waals surface area contributed by atoms with Crippen molar-refractivity contribution >= 4 is 32.3 Å². The lowest BCUT2D eigenvalue weighted by Gasteiger charge is -1.98. The van der Waals surface area contributed by atoms with Crippen LogP contribution >= 0.6 is 11.3 Å². The molecule has 4 aromatic rings. The number of phenols is 1. The second kappa shape index (κ2) is 4.32. The van der Waals surface area contributed by atoms with Crippen molar-refractivity contribution in [3.05, 3.63) is 60.7 Å². The molecule has 0 saturated heterocycles. The molecule has 0 aliphatic heterocycles. The molecule has 0 bridgehead atoms. The zero-order chi connectivity index (χ0) is 13.5. The van der Waals surface area contributed by atoms with Crippen LogP contribution in [0.2, 0.25) is 0 Å². The molecule has 0 aliphatic rings. The van der Waals surface area contributed by atoms with Crippen LogP contribution in [0.4, 0.5) is 0 Å². The standard InChI is InChI=1S/C17H11NOS/c19-15-8-4-3-7-13(15)17-18-14-9-11-5-1-2-6-12(11)10-16(14)20-17/h1-10,19H. The summed E-state index contributed by atoms with van der Waals surface area (Å²) >= 11 is 1.61. The van der Waals surface area contributed by atoms with Crippen LogP contribution in [0.15, 0.2) is 60.7 Å². The van der Waals surface area contributed by atoms with E-state index in [2.05, 4.69) is 29.2 Å². The average molecular weight is 277 g/mol. The minimum absolute atomic E-state index is 0.274. The minimum atomic E-state index is 0.274. The van der Waals surface area contributed by atoms with E-state index in [1.807, 2.05) is 30.3 Å². The summed E-state index contributed by atoms with van der Waals surface area (Å²) in [6, 6.07) is 19.9. The Balaban J connectivity index is 1.99. The van der Waals surface area contributed by atoms with Crippen molar-refractivity contribution in [1.82, 2.24) is 4.98 Å². The van der Waals surface area contributed by atoms with Crippen LogP contribution in [0.5, 0.6) is 5.75 Å². The third-order valence-corrected chi connectivity index (χ3v) is 4.44. The fourth-order valence-electron chi connectivity index (χ4n) is 2.38. The lowest BCUT2D eigenvalue weighted by atomic mass is 10.1. The van der Waals surface area contributed by atoms with Gasteiger partial charge in [-0.25, -0.2) is 4.98 Å². The van der Waals surface area contributed by atoms with Gasteiger partial charge in [0.15, 0.2) is 0 Å². The molecular formula is C17H11NOS. The van der Waals surface area contributed by atoms with Gasteiger partial charge in [-0.1, -0.05) is 36.4 Å². The summed E-state index contributed by atoms with van der Waals surface area (Å²) in [4.78, 5) is 4.65. The molecule has 1 N–H and O–H groups in total. The molecule has 0 spiro atoms. The SMILES string of the molecule is Oc1ccccc1-c1nc2cc3ccccc3cc2s1. The van der Waals surface area contributed by atoms with Gasteiger partial charge in [0.2, 0.25) is 0 Å². The fraction of sp³-hybridized carbons (Fsp3) is 0. The summed E-state index contributed by atoms with van der Waals surface area (Å²) in [5.74, 6) is 0.274. The van der Waals surface area contributed by atoms with E-state index in [0.717, 1.165) is 20.8 Å². The number of hydrogen-bond acceptors (Lipinski definition) is 3. The minimum Gasteiger partial charge on any atom is -0.507 e. The maximum Gasteiger partial charge on any atom is 0.128 e. The predicted octanol–water partition coefficient (Wildman–Crippen LogP) is 4.82. The molecular weight excluding hydrogens is 266 g/mol. The Bertz CT molecular complexity index is 874. The normalized spacial score (nSPS) is 11.2. The number of benzene rings is 3. The number of aromatic hydroxyl groups is 1. The van der Waals surface area contributed by atoms with E-state index in [9.17, 15) is 5.11 Å². The van der Waals surface area contributed by atoms with Gasteiger partial charge in [-0.15, -0.1) is 11.3 Å². The van der Waals surface area contributed by atoms with Gasteiger partial charge in [-0.2, -0.15) is 0 Å². The molecule has 0 saturated carbocycles. The highest BCUT2D eigenvalue weighted by Gasteiger charge is 2.10. The van der Waals surface area contributed by atoms with E-state index in [1.165, 1.54) is 10.8 Å². The van der Waals surface area contributed by atoms with Crippen LogP contribution in [0.1, 0.15) is 0 Å². The van der Waals surface area contributed by atoms with Crippen molar-refractivity contribution in [3.8, 4) is 16.3 Å². The summed E-state index contributed by atoms with van der Waals surface area (Å²) in [5, 5.41) is 13.2. The smallest absolute Gasteiger partial charge is 0.128 e. The van der Waals surface area contributed by atoms with Gasteiger partial charge in [0.05, 0.1) is 15.8 Å². The number of phenolic OH excluding ortho intramolecular Hbond substituents is 1. The second-order valence-corrected chi connectivity index (χ2v) is 5.73. The maximum absolute atomic E-state index is 9.94. The van der Waals surface area contributed by atoms with Crippen molar-refractivity contribution in [3.63, 3.8) is 0 Å². The van der Waals surface area contributed by atoms with Crippen LogP contribution in [0, 0.1) is 0 Å². The highest BCUT2D eigenvalue weighted by atomic mass is 32.1. The molecule has 20 heavy (non-hydrogen) atoms. The van der Waals surface area contributed by atoms with E-state index in [0.29, 0.717) is 0 Å².